The number of esters is 1. The lowest BCUT2D eigenvalue weighted by molar-refractivity contribution is -0.116. The highest BCUT2D eigenvalue weighted by molar-refractivity contribution is 5.98. The molecule has 1 atom stereocenters. The Balaban J connectivity index is 2.08. The summed E-state index contributed by atoms with van der Waals surface area (Å²) in [6.07, 6.45) is 7.26. The Kier molecular flexibility index (Phi) is 4.95. The number of anilines is 1. The summed E-state index contributed by atoms with van der Waals surface area (Å²) in [5.74, 6) is 0.101. The first-order chi connectivity index (χ1) is 12.1. The Bertz CT molecular complexity index is 825. The highest BCUT2D eigenvalue weighted by Crippen LogP contribution is 2.30. The zero-order valence-corrected chi connectivity index (χ0v) is 13.9. The maximum atomic E-state index is 12.2. The van der Waals surface area contributed by atoms with Crippen LogP contribution in [0.4, 0.5) is 5.69 Å². The minimum Gasteiger partial charge on any atom is -0.465 e. The van der Waals surface area contributed by atoms with E-state index in [4.69, 9.17) is 10.5 Å². The number of methoxy groups -OCH3 is 1. The molecule has 2 aromatic rings. The molecule has 2 heterocycles. The molecule has 0 saturated carbocycles. The molecule has 2 bridgehead atoms. The van der Waals surface area contributed by atoms with Gasteiger partial charge in [-0.2, -0.15) is 0 Å². The van der Waals surface area contributed by atoms with Gasteiger partial charge in [-0.05, 0) is 31.0 Å². The number of fused-ring (bicyclic) bond motifs is 4. The van der Waals surface area contributed by atoms with Gasteiger partial charge in [0.1, 0.15) is 5.82 Å². The summed E-state index contributed by atoms with van der Waals surface area (Å²) in [6, 6.07) is 4.69. The van der Waals surface area contributed by atoms with Crippen LogP contribution in [0.25, 0.3) is 11.3 Å². The van der Waals surface area contributed by atoms with Gasteiger partial charge in [-0.15, -0.1) is 0 Å². The van der Waals surface area contributed by atoms with Gasteiger partial charge in [-0.1, -0.05) is 12.2 Å². The summed E-state index contributed by atoms with van der Waals surface area (Å²) in [5.41, 5.74) is 8.37. The Morgan fingerprint density at radius 1 is 1.36 bits per heavy atom. The number of hydrogen-bond donors (Lipinski definition) is 3. The predicted octanol–water partition coefficient (Wildman–Crippen LogP) is 2.54. The SMILES string of the molecule is COC(=O)c1ccc2c(c1)-c1c[nH]c(n1)[C@@H](N)C/C=C/CCC(=O)N2. The van der Waals surface area contributed by atoms with E-state index in [1.54, 1.807) is 24.4 Å². The third-order valence-corrected chi connectivity index (χ3v) is 4.03. The molecule has 7 heteroatoms. The van der Waals surface area contributed by atoms with Gasteiger partial charge in [0.15, 0.2) is 0 Å². The molecule has 1 aromatic carbocycles. The number of nitrogens with zero attached hydrogens (tertiary/aromatic N) is 1. The molecule has 0 aliphatic carbocycles. The van der Waals surface area contributed by atoms with Gasteiger partial charge in [0.2, 0.25) is 5.91 Å². The van der Waals surface area contributed by atoms with Gasteiger partial charge in [0.25, 0.3) is 0 Å². The fraction of sp³-hybridized carbons (Fsp3) is 0.278. The number of nitrogens with two attached hydrogens (primary N) is 1. The van der Waals surface area contributed by atoms with Crippen molar-refractivity contribution in [2.45, 2.75) is 25.3 Å². The van der Waals surface area contributed by atoms with E-state index in [9.17, 15) is 9.59 Å². The maximum absolute atomic E-state index is 12.2. The molecular weight excluding hydrogens is 320 g/mol. The highest BCUT2D eigenvalue weighted by Gasteiger charge is 2.17. The van der Waals surface area contributed by atoms with E-state index in [2.05, 4.69) is 15.3 Å². The number of ether oxygens (including phenoxy) is 1. The molecule has 0 spiro atoms. The summed E-state index contributed by atoms with van der Waals surface area (Å²) in [5, 5.41) is 2.88. The van der Waals surface area contributed by atoms with Crippen LogP contribution in [0, 0.1) is 0 Å². The molecule has 1 aromatic heterocycles. The van der Waals surface area contributed by atoms with Crippen molar-refractivity contribution in [3.63, 3.8) is 0 Å². The average Bonchev–Trinajstić information content (AvgIpc) is 3.10. The maximum Gasteiger partial charge on any atom is 0.337 e. The second-order valence-electron chi connectivity index (χ2n) is 5.82. The van der Waals surface area contributed by atoms with Crippen LogP contribution in [-0.4, -0.2) is 29.0 Å². The molecule has 130 valence electrons. The molecule has 0 saturated heterocycles. The summed E-state index contributed by atoms with van der Waals surface area (Å²) in [4.78, 5) is 31.6. The van der Waals surface area contributed by atoms with E-state index in [1.165, 1.54) is 7.11 Å². The fourth-order valence-electron chi connectivity index (χ4n) is 2.67. The Morgan fingerprint density at radius 2 is 2.20 bits per heavy atom. The van der Waals surface area contributed by atoms with Crippen LogP contribution in [-0.2, 0) is 9.53 Å². The molecular formula is C18H20N4O3. The van der Waals surface area contributed by atoms with Crippen molar-refractivity contribution in [3.05, 3.63) is 47.9 Å². The minimum absolute atomic E-state index is 0.101. The van der Waals surface area contributed by atoms with Crippen LogP contribution in [0.2, 0.25) is 0 Å². The first kappa shape index (κ1) is 16.9. The number of nitrogens with one attached hydrogen (secondary N) is 2. The van der Waals surface area contributed by atoms with Crippen LogP contribution >= 0.6 is 0 Å². The van der Waals surface area contributed by atoms with E-state index in [0.717, 1.165) is 0 Å². The Hall–Kier alpha value is -2.93. The number of hydrogen-bond acceptors (Lipinski definition) is 5. The minimum atomic E-state index is -0.450. The number of rotatable bonds is 1. The molecule has 7 nitrogen and oxygen atoms in total. The van der Waals surface area contributed by atoms with Gasteiger partial charge < -0.3 is 20.8 Å². The van der Waals surface area contributed by atoms with Gasteiger partial charge in [0, 0.05) is 18.2 Å². The van der Waals surface area contributed by atoms with E-state index in [0.29, 0.717) is 47.6 Å². The summed E-state index contributed by atoms with van der Waals surface area (Å²) in [6.45, 7) is 0. The number of carbonyl (C=O) groups excluding carboxylic acids is 2. The average molecular weight is 340 g/mol. The number of aromatic amines is 1. The summed E-state index contributed by atoms with van der Waals surface area (Å²) < 4.78 is 4.77. The van der Waals surface area contributed by atoms with Crippen LogP contribution in [0.1, 0.15) is 41.5 Å². The van der Waals surface area contributed by atoms with Crippen molar-refractivity contribution < 1.29 is 14.3 Å². The third-order valence-electron chi connectivity index (χ3n) is 4.03. The zero-order chi connectivity index (χ0) is 17.8. The topological polar surface area (TPSA) is 110 Å². The monoisotopic (exact) mass is 340 g/mol. The van der Waals surface area contributed by atoms with Gasteiger partial charge in [-0.3, -0.25) is 4.79 Å². The van der Waals surface area contributed by atoms with Crippen LogP contribution in [0.15, 0.2) is 36.5 Å². The molecule has 0 radical (unpaired) electrons. The standard InChI is InChI=1S/C18H20N4O3/c1-25-18(24)11-7-8-14-12(9-11)15-10-20-17(22-15)13(19)5-3-2-4-6-16(23)21-14/h2-3,7-10,13H,4-6,19H2,1H3,(H,20,22)(H,21,23)/b3-2+/t13-/m0/s1. The summed E-state index contributed by atoms with van der Waals surface area (Å²) in [7, 11) is 1.33. The normalized spacial score (nSPS) is 18.8. The lowest BCUT2D eigenvalue weighted by atomic mass is 10.1. The Morgan fingerprint density at radius 3 is 3.00 bits per heavy atom. The smallest absolute Gasteiger partial charge is 0.337 e. The van der Waals surface area contributed by atoms with E-state index in [1.807, 2.05) is 12.2 Å². The summed E-state index contributed by atoms with van der Waals surface area (Å²) >= 11 is 0. The number of H-pyrrole nitrogens is 1. The molecule has 1 aliphatic rings. The van der Waals surface area contributed by atoms with Crippen LogP contribution < -0.4 is 11.1 Å². The van der Waals surface area contributed by atoms with E-state index in [-0.39, 0.29) is 11.9 Å². The number of allylic oxidation sites excluding steroid dienone is 1. The molecule has 1 amide bonds. The number of aromatic nitrogens is 2. The van der Waals surface area contributed by atoms with Crippen molar-refractivity contribution in [2.75, 3.05) is 12.4 Å². The third kappa shape index (κ3) is 3.77. The Labute approximate surface area is 145 Å². The molecule has 4 N–H and O–H groups in total. The molecule has 0 unspecified atom stereocenters. The lowest BCUT2D eigenvalue weighted by Crippen LogP contribution is -2.12. The molecule has 1 aliphatic heterocycles. The van der Waals surface area contributed by atoms with Crippen molar-refractivity contribution >= 4 is 17.6 Å². The number of benzene rings is 1. The van der Waals surface area contributed by atoms with Crippen molar-refractivity contribution in [3.8, 4) is 11.3 Å². The van der Waals surface area contributed by atoms with E-state index >= 15 is 0 Å². The van der Waals surface area contributed by atoms with Crippen molar-refractivity contribution in [1.29, 1.82) is 0 Å². The first-order valence-electron chi connectivity index (χ1n) is 8.07. The second-order valence-corrected chi connectivity index (χ2v) is 5.82. The zero-order valence-electron chi connectivity index (χ0n) is 13.9. The molecule has 3 rings (SSSR count). The van der Waals surface area contributed by atoms with Gasteiger partial charge in [0.05, 0.1) is 30.1 Å². The van der Waals surface area contributed by atoms with Gasteiger partial charge >= 0.3 is 5.97 Å². The number of carbonyl (C=O) groups is 2. The highest BCUT2D eigenvalue weighted by atomic mass is 16.5. The van der Waals surface area contributed by atoms with Crippen LogP contribution in [0.5, 0.6) is 0 Å². The largest absolute Gasteiger partial charge is 0.465 e. The van der Waals surface area contributed by atoms with Gasteiger partial charge in [-0.25, -0.2) is 9.78 Å². The molecule has 25 heavy (non-hydrogen) atoms. The first-order valence-corrected chi connectivity index (χ1v) is 8.07. The number of imidazole rings is 1. The quantitative estimate of drug-likeness (QED) is 0.546. The fourth-order valence-corrected chi connectivity index (χ4v) is 2.67. The van der Waals surface area contributed by atoms with E-state index < -0.39 is 5.97 Å². The number of amides is 1. The van der Waals surface area contributed by atoms with Crippen molar-refractivity contribution in [1.82, 2.24) is 9.97 Å². The predicted molar refractivity (Wildman–Crippen MR) is 93.9 cm³/mol. The van der Waals surface area contributed by atoms with Crippen LogP contribution in [0.3, 0.4) is 0 Å². The molecule has 0 fully saturated rings. The van der Waals surface area contributed by atoms with Crippen molar-refractivity contribution in [2.24, 2.45) is 5.73 Å². The lowest BCUT2D eigenvalue weighted by Gasteiger charge is -2.11. The second kappa shape index (κ2) is 7.31.